The molecule has 0 aliphatic carbocycles. The molecule has 0 spiro atoms. The first-order valence-electron chi connectivity index (χ1n) is 0. The fourth-order valence-corrected chi connectivity index (χ4v) is 0. The summed E-state index contributed by atoms with van der Waals surface area (Å²) in [6.07, 6.45) is 0. The zero-order chi connectivity index (χ0) is 0. The molecule has 0 amide bonds. The first-order valence-corrected chi connectivity index (χ1v) is 0. The second-order valence-electron chi connectivity index (χ2n) is 0. The van der Waals surface area contributed by atoms with E-state index in [1.165, 1.54) is 0 Å². The Morgan fingerprint density at radius 2 is 1.00 bits per heavy atom. The van der Waals surface area contributed by atoms with Gasteiger partial charge in [-0.3, -0.25) is 0 Å². The summed E-state index contributed by atoms with van der Waals surface area (Å²) >= 11 is 0. The average Bonchev–Trinajstić information content (AvgIpc) is 0. The molecule has 4 heavy (non-hydrogen) atoms. The summed E-state index contributed by atoms with van der Waals surface area (Å²) in [6.45, 7) is 0. The third-order valence-electron chi connectivity index (χ3n) is 0. The Hall–Kier alpha value is 2.13. The molecule has 0 unspecified atom stereocenters. The van der Waals surface area contributed by atoms with Crippen molar-refractivity contribution in [2.24, 2.45) is 0 Å². The van der Waals surface area contributed by atoms with Gasteiger partial charge in [0.05, 0.1) is 0 Å². The maximum atomic E-state index is 0. The van der Waals surface area contributed by atoms with E-state index in [1.807, 2.05) is 0 Å². The minimum Gasteiger partial charge on any atom is -0.0149 e. The zero-order valence-corrected chi connectivity index (χ0v) is 4.92. The number of hydrogen-bond donors (Lipinski definition) is 0. The van der Waals surface area contributed by atoms with Gasteiger partial charge in [-0.25, -0.2) is 0 Å². The molecule has 0 fully saturated rings. The molecule has 0 heterocycles. The van der Waals surface area contributed by atoms with Crippen LogP contribution in [-0.4, -0.2) is 34.0 Å². The largest absolute Gasteiger partial charge is 0.316 e. The van der Waals surface area contributed by atoms with Crippen molar-refractivity contribution in [3.63, 3.8) is 0 Å². The summed E-state index contributed by atoms with van der Waals surface area (Å²) < 4.78 is 0. The second-order valence-corrected chi connectivity index (χ2v) is 0. The van der Waals surface area contributed by atoms with Gasteiger partial charge in [-0.1, -0.05) is 0 Å². The van der Waals surface area contributed by atoms with Gasteiger partial charge in [0.25, 0.3) is 0 Å². The van der Waals surface area contributed by atoms with Crippen molar-refractivity contribution in [1.82, 2.24) is 0 Å². The summed E-state index contributed by atoms with van der Waals surface area (Å²) in [5.74, 6) is 0. The van der Waals surface area contributed by atoms with Crippen molar-refractivity contribution >= 4 is 34.0 Å². The van der Waals surface area contributed by atoms with Crippen LogP contribution < -0.4 is 0 Å². The van der Waals surface area contributed by atoms with E-state index in [0.29, 0.717) is 0 Å². The minimum atomic E-state index is 0. The van der Waals surface area contributed by atoms with Crippen LogP contribution in [0.15, 0.2) is 0 Å². The third-order valence-corrected chi connectivity index (χ3v) is 0. The molecule has 0 nitrogen and oxygen atoms in total. The summed E-state index contributed by atoms with van der Waals surface area (Å²) in [5, 5.41) is 0. The topological polar surface area (TPSA) is 0 Å². The van der Waals surface area contributed by atoms with Crippen LogP contribution in [0.5, 0.6) is 0 Å². The van der Waals surface area contributed by atoms with E-state index in [1.54, 1.807) is 0 Å². The van der Waals surface area contributed by atoms with Crippen molar-refractivity contribution in [3.8, 4) is 0 Å². The van der Waals surface area contributed by atoms with Gasteiger partial charge >= 0.3 is 23.1 Å². The Labute approximate surface area is 69.9 Å². The monoisotopic (exact) mass is 185 g/mol. The Kier molecular flexibility index (Phi) is 172. The van der Waals surface area contributed by atoms with Gasteiger partial charge < -0.3 is 0 Å². The normalized spacial score (nSPS) is 0. The van der Waals surface area contributed by atoms with Crippen LogP contribution in [0, 0.1) is 0 Å². The molecular weight excluding hydrogens is 181 g/mol. The second kappa shape index (κ2) is 19.3. The molecule has 0 saturated carbocycles. The molecule has 0 aliphatic heterocycles. The molecule has 0 bridgehead atoms. The van der Waals surface area contributed by atoms with Crippen molar-refractivity contribution in [3.05, 3.63) is 0 Å². The van der Waals surface area contributed by atoms with Gasteiger partial charge in [0.15, 0.2) is 0 Å². The maximum Gasteiger partial charge on any atom is 0.316 e. The van der Waals surface area contributed by atoms with Crippen LogP contribution in [0.2, 0.25) is 0 Å². The Morgan fingerprint density at radius 3 is 1.00 bits per heavy atom. The van der Waals surface area contributed by atoms with E-state index in [4.69, 9.17) is 0 Å². The zero-order valence-electron chi connectivity index (χ0n) is 1.01. The molecule has 0 saturated heterocycles. The molecule has 0 aliphatic rings. The fourth-order valence-electron chi connectivity index (χ4n) is 0. The van der Waals surface area contributed by atoms with Crippen molar-refractivity contribution < 1.29 is 36.5 Å². The van der Waals surface area contributed by atoms with Gasteiger partial charge in [-0.15, -0.1) is 0 Å². The van der Waals surface area contributed by atoms with E-state index >= 15 is 0 Å². The molecule has 0 rings (SSSR count). The molecule has 0 aromatic carbocycles. The van der Waals surface area contributed by atoms with Crippen molar-refractivity contribution in [1.29, 1.82) is 0 Å². The van der Waals surface area contributed by atoms with Crippen LogP contribution in [0.1, 0.15) is 0 Å². The van der Waals surface area contributed by atoms with Gasteiger partial charge in [-0.2, -0.15) is 0 Å². The molecule has 0 N–H and O–H groups in total. The maximum absolute atomic E-state index is 0. The van der Waals surface area contributed by atoms with E-state index in [2.05, 4.69) is 0 Å². The Balaban J connectivity index is 0. The molecule has 4 heteroatoms. The van der Waals surface area contributed by atoms with Gasteiger partial charge in [0, 0.05) is 36.5 Å². The first kappa shape index (κ1) is 35.6. The Morgan fingerprint density at radius 1 is 1.00 bits per heavy atom. The Bertz CT molecular complexity index is 8.00. The third kappa shape index (κ3) is 8.92. The van der Waals surface area contributed by atoms with E-state index in [-0.39, 0.29) is 70.6 Å². The molecule has 0 aromatic heterocycles. The van der Waals surface area contributed by atoms with Gasteiger partial charge in [0.2, 0.25) is 0 Å². The van der Waals surface area contributed by atoms with Gasteiger partial charge in [0.1, 0.15) is 0 Å². The van der Waals surface area contributed by atoms with Crippen LogP contribution >= 0.6 is 0 Å². The van der Waals surface area contributed by atoms with E-state index in [9.17, 15) is 0 Å². The predicted octanol–water partition coefficient (Wildman–Crippen LogP) is -2.37. The first-order chi connectivity index (χ1) is 0. The standard InChI is InChI=1S/Cu.Mg.H4Si.Zn.2H/h;;1H4;;;. The molecule has 0 atom stereocenters. The number of rotatable bonds is 0. The summed E-state index contributed by atoms with van der Waals surface area (Å²) in [5.41, 5.74) is 0. The fraction of sp³-hybridized carbons (Fsp3) is 0. The SMILES string of the molecule is [Cu].[MgH2].[SiH4].[Zn]. The predicted molar refractivity (Wildman–Crippen MR) is 19.9 cm³/mol. The molecule has 25 valence electrons. The smallest absolute Gasteiger partial charge is 0.0149 e. The van der Waals surface area contributed by atoms with Gasteiger partial charge in [-0.05, 0) is 11.0 Å². The summed E-state index contributed by atoms with van der Waals surface area (Å²) in [6, 6.07) is 0. The van der Waals surface area contributed by atoms with Crippen molar-refractivity contribution in [2.75, 3.05) is 0 Å². The quantitative estimate of drug-likeness (QED) is 0.372. The van der Waals surface area contributed by atoms with Crippen LogP contribution in [0.4, 0.5) is 0 Å². The molecule has 0 aromatic rings. The summed E-state index contributed by atoms with van der Waals surface area (Å²) in [4.78, 5) is 0. The summed E-state index contributed by atoms with van der Waals surface area (Å²) in [7, 11) is 0. The van der Waals surface area contributed by atoms with Crippen LogP contribution in [-0.2, 0) is 36.5 Å². The minimum absolute atomic E-state index is 0. The van der Waals surface area contributed by atoms with Crippen LogP contribution in [0.25, 0.3) is 0 Å². The molecule has 1 radical (unpaired) electrons. The van der Waals surface area contributed by atoms with Crippen molar-refractivity contribution in [2.45, 2.75) is 0 Å². The van der Waals surface area contributed by atoms with E-state index < -0.39 is 0 Å². The van der Waals surface area contributed by atoms with E-state index in [0.717, 1.165) is 0 Å². The number of hydrogen-bond acceptors (Lipinski definition) is 0. The average molecular weight is 187 g/mol. The molecular formula is H6CuMgSiZn. The van der Waals surface area contributed by atoms with Crippen LogP contribution in [0.3, 0.4) is 0 Å².